The summed E-state index contributed by atoms with van der Waals surface area (Å²) >= 11 is 1.39. The molecule has 3 rings (SSSR count). The number of nitriles is 1. The Morgan fingerprint density at radius 1 is 1.26 bits per heavy atom. The van der Waals surface area contributed by atoms with Crippen LogP contribution in [0.5, 0.6) is 0 Å². The van der Waals surface area contributed by atoms with Crippen molar-refractivity contribution < 1.29 is 4.79 Å². The van der Waals surface area contributed by atoms with Gasteiger partial charge in [0.1, 0.15) is 0 Å². The van der Waals surface area contributed by atoms with Gasteiger partial charge in [-0.15, -0.1) is 0 Å². The molecule has 23 heavy (non-hydrogen) atoms. The zero-order chi connectivity index (χ0) is 16.1. The molecule has 0 fully saturated rings. The zero-order valence-electron chi connectivity index (χ0n) is 12.3. The van der Waals surface area contributed by atoms with Crippen molar-refractivity contribution in [1.29, 1.82) is 5.26 Å². The van der Waals surface area contributed by atoms with Crippen LogP contribution in [0.3, 0.4) is 0 Å². The molecule has 6 heteroatoms. The summed E-state index contributed by atoms with van der Waals surface area (Å²) in [6, 6.07) is 15.2. The van der Waals surface area contributed by atoms with Gasteiger partial charge in [0.2, 0.25) is 5.91 Å². The number of carbonyl (C=O) groups excluding carboxylic acids is 1. The van der Waals surface area contributed by atoms with E-state index >= 15 is 0 Å². The molecule has 2 aromatic heterocycles. The molecule has 1 amide bonds. The van der Waals surface area contributed by atoms with Gasteiger partial charge < -0.3 is 5.32 Å². The Bertz CT molecular complexity index is 864. The molecule has 0 aliphatic heterocycles. The summed E-state index contributed by atoms with van der Waals surface area (Å²) in [5, 5.41) is 12.3. The standard InChI is InChI=1S/C17H14N4OS/c18-9-8-13-4-6-14(7-5-13)20-16(22)12-23-17-19-11-15-3-1-2-10-21(15)17/h1-7,10-11H,8,12H2,(H,20,22). The number of anilines is 1. The van der Waals surface area contributed by atoms with E-state index in [0.29, 0.717) is 6.42 Å². The Hall–Kier alpha value is -2.78. The third-order valence-corrected chi connectivity index (χ3v) is 4.22. The minimum absolute atomic E-state index is 0.0873. The molecule has 114 valence electrons. The number of thioether (sulfide) groups is 1. The molecule has 5 nitrogen and oxygen atoms in total. The highest BCUT2D eigenvalue weighted by Crippen LogP contribution is 2.19. The second-order valence-corrected chi connectivity index (χ2v) is 5.85. The minimum Gasteiger partial charge on any atom is -0.325 e. The number of pyridine rings is 1. The van der Waals surface area contributed by atoms with Crippen LogP contribution in [-0.2, 0) is 11.2 Å². The molecule has 0 aliphatic carbocycles. The number of amides is 1. The quantitative estimate of drug-likeness (QED) is 0.733. The highest BCUT2D eigenvalue weighted by atomic mass is 32.2. The van der Waals surface area contributed by atoms with E-state index in [0.717, 1.165) is 21.9 Å². The van der Waals surface area contributed by atoms with Crippen molar-refractivity contribution in [2.24, 2.45) is 0 Å². The molecule has 0 atom stereocenters. The molecule has 1 N–H and O–H groups in total. The molecular weight excluding hydrogens is 308 g/mol. The number of nitrogens with one attached hydrogen (secondary N) is 1. The van der Waals surface area contributed by atoms with E-state index in [4.69, 9.17) is 5.26 Å². The zero-order valence-corrected chi connectivity index (χ0v) is 13.1. The van der Waals surface area contributed by atoms with Gasteiger partial charge in [0.25, 0.3) is 0 Å². The summed E-state index contributed by atoms with van der Waals surface area (Å²) in [4.78, 5) is 16.4. The van der Waals surface area contributed by atoms with Crippen molar-refractivity contribution in [3.63, 3.8) is 0 Å². The fourth-order valence-electron chi connectivity index (χ4n) is 2.15. The van der Waals surface area contributed by atoms with Gasteiger partial charge in [-0.3, -0.25) is 9.20 Å². The molecule has 3 aromatic rings. The monoisotopic (exact) mass is 322 g/mol. The fraction of sp³-hybridized carbons (Fsp3) is 0.118. The Morgan fingerprint density at radius 3 is 2.87 bits per heavy atom. The van der Waals surface area contributed by atoms with Gasteiger partial charge >= 0.3 is 0 Å². The first-order valence-electron chi connectivity index (χ1n) is 7.07. The van der Waals surface area contributed by atoms with Gasteiger partial charge in [-0.1, -0.05) is 30.0 Å². The molecule has 1 aromatic carbocycles. The van der Waals surface area contributed by atoms with E-state index in [1.807, 2.05) is 40.9 Å². The van der Waals surface area contributed by atoms with E-state index in [9.17, 15) is 4.79 Å². The van der Waals surface area contributed by atoms with Crippen LogP contribution < -0.4 is 5.32 Å². The van der Waals surface area contributed by atoms with Crippen LogP contribution in [0.4, 0.5) is 5.69 Å². The third kappa shape index (κ3) is 3.71. The molecule has 0 aliphatic rings. The lowest BCUT2D eigenvalue weighted by atomic mass is 10.1. The summed E-state index contributed by atoms with van der Waals surface area (Å²) in [5.74, 6) is 0.198. The number of benzene rings is 1. The summed E-state index contributed by atoms with van der Waals surface area (Å²) < 4.78 is 1.95. The maximum Gasteiger partial charge on any atom is 0.234 e. The Labute approximate surface area is 138 Å². The van der Waals surface area contributed by atoms with Crippen LogP contribution in [0.2, 0.25) is 0 Å². The maximum absolute atomic E-state index is 12.0. The number of fused-ring (bicyclic) bond motifs is 1. The minimum atomic E-state index is -0.0873. The second kappa shape index (κ2) is 6.99. The average molecular weight is 322 g/mol. The van der Waals surface area contributed by atoms with Crippen molar-refractivity contribution in [1.82, 2.24) is 9.38 Å². The van der Waals surface area contributed by atoms with Gasteiger partial charge in [-0.25, -0.2) is 4.98 Å². The Morgan fingerprint density at radius 2 is 2.09 bits per heavy atom. The molecule has 0 unspecified atom stereocenters. The number of carbonyl (C=O) groups is 1. The molecule has 2 heterocycles. The fourth-order valence-corrected chi connectivity index (χ4v) is 2.92. The van der Waals surface area contributed by atoms with Crippen LogP contribution in [0.15, 0.2) is 60.0 Å². The van der Waals surface area contributed by atoms with Gasteiger partial charge in [0.05, 0.1) is 30.0 Å². The number of aromatic nitrogens is 2. The summed E-state index contributed by atoms with van der Waals surface area (Å²) in [5.41, 5.74) is 2.66. The first-order valence-corrected chi connectivity index (χ1v) is 8.05. The number of imidazole rings is 1. The highest BCUT2D eigenvalue weighted by molar-refractivity contribution is 7.99. The van der Waals surface area contributed by atoms with Crippen molar-refractivity contribution in [2.45, 2.75) is 11.6 Å². The third-order valence-electron chi connectivity index (χ3n) is 3.26. The highest BCUT2D eigenvalue weighted by Gasteiger charge is 2.08. The topological polar surface area (TPSA) is 70.2 Å². The molecule has 0 saturated carbocycles. The molecule has 0 bridgehead atoms. The number of hydrogen-bond donors (Lipinski definition) is 1. The van der Waals surface area contributed by atoms with Crippen molar-refractivity contribution in [3.8, 4) is 6.07 Å². The smallest absolute Gasteiger partial charge is 0.234 e. The molecule has 0 spiro atoms. The lowest BCUT2D eigenvalue weighted by Crippen LogP contribution is -2.14. The van der Waals surface area contributed by atoms with Crippen molar-refractivity contribution in [2.75, 3.05) is 11.1 Å². The van der Waals surface area contributed by atoms with E-state index in [1.165, 1.54) is 11.8 Å². The van der Waals surface area contributed by atoms with Crippen LogP contribution in [0, 0.1) is 11.3 Å². The van der Waals surface area contributed by atoms with Crippen LogP contribution in [0.1, 0.15) is 5.56 Å². The Kier molecular flexibility index (Phi) is 4.60. The van der Waals surface area contributed by atoms with Crippen LogP contribution in [0.25, 0.3) is 5.52 Å². The van der Waals surface area contributed by atoms with Crippen LogP contribution >= 0.6 is 11.8 Å². The summed E-state index contributed by atoms with van der Waals surface area (Å²) in [6.45, 7) is 0. The van der Waals surface area contributed by atoms with E-state index in [1.54, 1.807) is 18.3 Å². The first kappa shape index (κ1) is 15.1. The molecular formula is C17H14N4OS. The number of rotatable bonds is 5. The molecule has 0 radical (unpaired) electrons. The van der Waals surface area contributed by atoms with Crippen LogP contribution in [-0.4, -0.2) is 21.0 Å². The predicted molar refractivity (Wildman–Crippen MR) is 90.3 cm³/mol. The van der Waals surface area contributed by atoms with Gasteiger partial charge in [-0.2, -0.15) is 5.26 Å². The Balaban J connectivity index is 1.58. The second-order valence-electron chi connectivity index (χ2n) is 4.90. The van der Waals surface area contributed by atoms with Gasteiger partial charge in [0, 0.05) is 11.9 Å². The predicted octanol–water partition coefficient (Wildman–Crippen LogP) is 3.13. The normalized spacial score (nSPS) is 10.4. The van der Waals surface area contributed by atoms with Crippen molar-refractivity contribution in [3.05, 3.63) is 60.4 Å². The lowest BCUT2D eigenvalue weighted by Gasteiger charge is -2.05. The molecule has 0 saturated heterocycles. The maximum atomic E-state index is 12.0. The average Bonchev–Trinajstić information content (AvgIpc) is 2.98. The van der Waals surface area contributed by atoms with Gasteiger partial charge in [0.15, 0.2) is 5.16 Å². The largest absolute Gasteiger partial charge is 0.325 e. The number of hydrogen-bond acceptors (Lipinski definition) is 4. The SMILES string of the molecule is N#CCc1ccc(NC(=O)CSc2ncc3ccccn23)cc1. The first-order chi connectivity index (χ1) is 11.3. The van der Waals surface area contributed by atoms with Crippen molar-refractivity contribution >= 4 is 28.9 Å². The van der Waals surface area contributed by atoms with E-state index < -0.39 is 0 Å². The van der Waals surface area contributed by atoms with E-state index in [-0.39, 0.29) is 11.7 Å². The number of nitrogens with zero attached hydrogens (tertiary/aromatic N) is 3. The lowest BCUT2D eigenvalue weighted by molar-refractivity contribution is -0.113. The van der Waals surface area contributed by atoms with Gasteiger partial charge in [-0.05, 0) is 29.8 Å². The summed E-state index contributed by atoms with van der Waals surface area (Å²) in [7, 11) is 0. The summed E-state index contributed by atoms with van der Waals surface area (Å²) in [6.07, 6.45) is 4.09. The van der Waals surface area contributed by atoms with E-state index in [2.05, 4.69) is 16.4 Å².